The molecule has 6 nitrogen and oxygen atoms in total. The summed E-state index contributed by atoms with van der Waals surface area (Å²) in [5.41, 5.74) is 0.560. The van der Waals surface area contributed by atoms with Gasteiger partial charge < -0.3 is 19.7 Å². The van der Waals surface area contributed by atoms with Gasteiger partial charge in [0.15, 0.2) is 11.5 Å². The standard InChI is InChI=1S/C21H25FN2O4/c1-27-19-3-2-4-20(21(19)22)28-16-7-13-10-24(11-14(13)8-16)12-18(26)17-6-5-15(25)9-23-17/h2-6,9,13-14,16,18,25-26H,7-8,10-12H2,1H3/t13-,14+,16+,18?. The van der Waals surface area contributed by atoms with E-state index in [-0.39, 0.29) is 23.4 Å². The summed E-state index contributed by atoms with van der Waals surface area (Å²) in [4.78, 5) is 6.33. The SMILES string of the molecule is COc1cccc(O[C@H]2C[C@@H]3CN(CC(O)c4ccc(O)cn4)C[C@@H]3C2)c1F. The summed E-state index contributed by atoms with van der Waals surface area (Å²) in [6.45, 7) is 2.29. The lowest BCUT2D eigenvalue weighted by molar-refractivity contribution is 0.112. The maximum absolute atomic E-state index is 14.3. The molecule has 1 saturated carbocycles. The van der Waals surface area contributed by atoms with Crippen LogP contribution in [-0.4, -0.2) is 52.9 Å². The second kappa shape index (κ2) is 7.93. The molecule has 150 valence electrons. The van der Waals surface area contributed by atoms with Gasteiger partial charge in [-0.3, -0.25) is 9.88 Å². The first-order valence-electron chi connectivity index (χ1n) is 9.58. The molecule has 1 aliphatic heterocycles. The number of β-amino-alcohol motifs (C(OH)–C–C–N with tert-alkyl or cyclic N) is 1. The summed E-state index contributed by atoms with van der Waals surface area (Å²) < 4.78 is 25.2. The van der Waals surface area contributed by atoms with Crippen molar-refractivity contribution >= 4 is 0 Å². The normalized spacial score (nSPS) is 25.5. The van der Waals surface area contributed by atoms with Crippen LogP contribution in [0.25, 0.3) is 0 Å². The van der Waals surface area contributed by atoms with Crippen LogP contribution in [0, 0.1) is 17.7 Å². The van der Waals surface area contributed by atoms with E-state index in [0.29, 0.717) is 24.1 Å². The summed E-state index contributed by atoms with van der Waals surface area (Å²) in [5, 5.41) is 19.7. The first kappa shape index (κ1) is 19.0. The monoisotopic (exact) mass is 388 g/mol. The predicted molar refractivity (Wildman–Crippen MR) is 101 cm³/mol. The van der Waals surface area contributed by atoms with Crippen molar-refractivity contribution in [3.05, 3.63) is 48.0 Å². The van der Waals surface area contributed by atoms with E-state index in [1.54, 1.807) is 24.3 Å². The van der Waals surface area contributed by atoms with E-state index in [1.807, 2.05) is 0 Å². The number of likely N-dealkylation sites (tertiary alicyclic amines) is 1. The van der Waals surface area contributed by atoms with E-state index in [4.69, 9.17) is 9.47 Å². The first-order valence-corrected chi connectivity index (χ1v) is 9.58. The fraction of sp³-hybridized carbons (Fsp3) is 0.476. The number of fused-ring (bicyclic) bond motifs is 1. The van der Waals surface area contributed by atoms with Crippen LogP contribution in [0.2, 0.25) is 0 Å². The quantitative estimate of drug-likeness (QED) is 0.793. The molecule has 1 aliphatic carbocycles. The number of aliphatic hydroxyl groups is 1. The number of hydrogen-bond acceptors (Lipinski definition) is 6. The molecule has 4 atom stereocenters. The number of aliphatic hydroxyl groups excluding tert-OH is 1. The van der Waals surface area contributed by atoms with Crippen LogP contribution in [0.1, 0.15) is 24.6 Å². The van der Waals surface area contributed by atoms with E-state index in [9.17, 15) is 14.6 Å². The first-order chi connectivity index (χ1) is 13.5. The zero-order chi connectivity index (χ0) is 19.7. The van der Waals surface area contributed by atoms with Crippen molar-refractivity contribution in [1.82, 2.24) is 9.88 Å². The Bertz CT molecular complexity index is 803. The van der Waals surface area contributed by atoms with Crippen LogP contribution in [-0.2, 0) is 0 Å². The number of ether oxygens (including phenoxy) is 2. The smallest absolute Gasteiger partial charge is 0.206 e. The number of hydrogen-bond donors (Lipinski definition) is 2. The Balaban J connectivity index is 1.30. The molecular weight excluding hydrogens is 363 g/mol. The van der Waals surface area contributed by atoms with Gasteiger partial charge in [-0.25, -0.2) is 0 Å². The van der Waals surface area contributed by atoms with Gasteiger partial charge in [-0.15, -0.1) is 0 Å². The molecule has 2 aromatic rings. The minimum absolute atomic E-state index is 0.00226. The van der Waals surface area contributed by atoms with Gasteiger partial charge in [0.25, 0.3) is 0 Å². The van der Waals surface area contributed by atoms with Gasteiger partial charge in [0.1, 0.15) is 11.9 Å². The third kappa shape index (κ3) is 3.91. The van der Waals surface area contributed by atoms with Gasteiger partial charge in [-0.05, 0) is 48.9 Å². The lowest BCUT2D eigenvalue weighted by Crippen LogP contribution is -2.29. The highest BCUT2D eigenvalue weighted by Crippen LogP contribution is 2.41. The van der Waals surface area contributed by atoms with E-state index in [1.165, 1.54) is 19.4 Å². The zero-order valence-corrected chi connectivity index (χ0v) is 15.8. The second-order valence-corrected chi connectivity index (χ2v) is 7.68. The number of benzene rings is 1. The summed E-state index contributed by atoms with van der Waals surface area (Å²) >= 11 is 0. The summed E-state index contributed by atoms with van der Waals surface area (Å²) in [5.74, 6) is 1.05. The van der Waals surface area contributed by atoms with Crippen molar-refractivity contribution in [2.45, 2.75) is 25.0 Å². The van der Waals surface area contributed by atoms with Crippen molar-refractivity contribution < 1.29 is 24.1 Å². The van der Waals surface area contributed by atoms with Crippen LogP contribution >= 0.6 is 0 Å². The molecule has 1 aromatic carbocycles. The molecule has 2 aliphatic rings. The highest BCUT2D eigenvalue weighted by atomic mass is 19.1. The maximum atomic E-state index is 14.3. The number of rotatable bonds is 6. The van der Waals surface area contributed by atoms with E-state index in [2.05, 4.69) is 9.88 Å². The van der Waals surface area contributed by atoms with Gasteiger partial charge in [0, 0.05) is 19.6 Å². The van der Waals surface area contributed by atoms with Gasteiger partial charge in [0.2, 0.25) is 5.82 Å². The van der Waals surface area contributed by atoms with Crippen LogP contribution in [0.5, 0.6) is 17.2 Å². The molecule has 1 unspecified atom stereocenters. The zero-order valence-electron chi connectivity index (χ0n) is 15.8. The molecule has 0 amide bonds. The molecule has 0 spiro atoms. The van der Waals surface area contributed by atoms with E-state index < -0.39 is 11.9 Å². The summed E-state index contributed by atoms with van der Waals surface area (Å²) in [6.07, 6.45) is 2.42. The second-order valence-electron chi connectivity index (χ2n) is 7.68. The summed E-state index contributed by atoms with van der Waals surface area (Å²) in [7, 11) is 1.44. The Morgan fingerprint density at radius 3 is 2.54 bits per heavy atom. The van der Waals surface area contributed by atoms with Crippen LogP contribution in [0.15, 0.2) is 36.5 Å². The van der Waals surface area contributed by atoms with Crippen LogP contribution < -0.4 is 9.47 Å². The molecule has 0 radical (unpaired) electrons. The fourth-order valence-electron chi connectivity index (χ4n) is 4.44. The molecular formula is C21H25FN2O4. The van der Waals surface area contributed by atoms with Crippen molar-refractivity contribution in [1.29, 1.82) is 0 Å². The molecule has 1 saturated heterocycles. The Morgan fingerprint density at radius 1 is 1.18 bits per heavy atom. The highest BCUT2D eigenvalue weighted by molar-refractivity contribution is 5.35. The lowest BCUT2D eigenvalue weighted by Gasteiger charge is -2.22. The molecule has 0 bridgehead atoms. The van der Waals surface area contributed by atoms with Gasteiger partial charge >= 0.3 is 0 Å². The van der Waals surface area contributed by atoms with Crippen LogP contribution in [0.4, 0.5) is 4.39 Å². The van der Waals surface area contributed by atoms with Crippen molar-refractivity contribution in [3.63, 3.8) is 0 Å². The third-order valence-electron chi connectivity index (χ3n) is 5.77. The molecule has 7 heteroatoms. The van der Waals surface area contributed by atoms with Gasteiger partial charge in [-0.2, -0.15) is 4.39 Å². The minimum atomic E-state index is -0.683. The number of aromatic nitrogens is 1. The number of methoxy groups -OCH3 is 1. The lowest BCUT2D eigenvalue weighted by atomic mass is 10.0. The fourth-order valence-corrected chi connectivity index (χ4v) is 4.44. The number of nitrogens with zero attached hydrogens (tertiary/aromatic N) is 2. The van der Waals surface area contributed by atoms with E-state index >= 15 is 0 Å². The molecule has 2 heterocycles. The van der Waals surface area contributed by atoms with Crippen LogP contribution in [0.3, 0.4) is 0 Å². The van der Waals surface area contributed by atoms with Crippen molar-refractivity contribution in [3.8, 4) is 17.2 Å². The number of aromatic hydroxyl groups is 1. The Kier molecular flexibility index (Phi) is 5.37. The van der Waals surface area contributed by atoms with Gasteiger partial charge in [0.05, 0.1) is 25.1 Å². The van der Waals surface area contributed by atoms with Crippen molar-refractivity contribution in [2.75, 3.05) is 26.7 Å². The number of pyridine rings is 1. The average molecular weight is 388 g/mol. The molecule has 2 N–H and O–H groups in total. The highest BCUT2D eigenvalue weighted by Gasteiger charge is 2.42. The molecule has 1 aromatic heterocycles. The topological polar surface area (TPSA) is 75.1 Å². The number of halogens is 1. The average Bonchev–Trinajstić information content (AvgIpc) is 3.21. The molecule has 28 heavy (non-hydrogen) atoms. The third-order valence-corrected chi connectivity index (χ3v) is 5.77. The summed E-state index contributed by atoms with van der Waals surface area (Å²) in [6, 6.07) is 8.12. The Morgan fingerprint density at radius 2 is 1.89 bits per heavy atom. The Hall–Kier alpha value is -2.38. The predicted octanol–water partition coefficient (Wildman–Crippen LogP) is 2.76. The molecule has 2 fully saturated rings. The van der Waals surface area contributed by atoms with E-state index in [0.717, 1.165) is 25.9 Å². The largest absolute Gasteiger partial charge is 0.506 e. The Labute approximate surface area is 163 Å². The minimum Gasteiger partial charge on any atom is -0.506 e. The molecule has 4 rings (SSSR count). The van der Waals surface area contributed by atoms with Gasteiger partial charge in [-0.1, -0.05) is 6.07 Å². The van der Waals surface area contributed by atoms with Crippen molar-refractivity contribution in [2.24, 2.45) is 11.8 Å². The maximum Gasteiger partial charge on any atom is 0.206 e.